The van der Waals surface area contributed by atoms with Crippen LogP contribution in [0.25, 0.3) is 0 Å². The number of aliphatic hydroxyl groups excluding tert-OH is 1. The maximum absolute atomic E-state index is 12.2. The normalized spacial score (nSPS) is 13.8. The molecule has 26 heavy (non-hydrogen) atoms. The smallest absolute Gasteiger partial charge is 0.322 e. The number of rotatable bonds is 12. The van der Waals surface area contributed by atoms with E-state index in [9.17, 15) is 24.0 Å². The van der Waals surface area contributed by atoms with Gasteiger partial charge in [-0.2, -0.15) is 12.6 Å². The Morgan fingerprint density at radius 3 is 2.04 bits per heavy atom. The van der Waals surface area contributed by atoms with Crippen molar-refractivity contribution in [2.24, 2.45) is 11.5 Å². The van der Waals surface area contributed by atoms with Gasteiger partial charge in [-0.05, 0) is 6.42 Å². The van der Waals surface area contributed by atoms with Gasteiger partial charge in [-0.15, -0.1) is 0 Å². The fourth-order valence-corrected chi connectivity index (χ4v) is 1.93. The molecule has 0 aromatic rings. The lowest BCUT2D eigenvalue weighted by Crippen LogP contribution is -2.57. The Morgan fingerprint density at radius 2 is 1.58 bits per heavy atom. The molecule has 13 heteroatoms. The van der Waals surface area contributed by atoms with Crippen LogP contribution in [0, 0.1) is 0 Å². The molecule has 9 N–H and O–H groups in total. The zero-order valence-electron chi connectivity index (χ0n) is 13.8. The van der Waals surface area contributed by atoms with E-state index in [0.29, 0.717) is 0 Å². The van der Waals surface area contributed by atoms with Gasteiger partial charge in [-0.3, -0.25) is 24.0 Å². The molecule has 0 spiro atoms. The fourth-order valence-electron chi connectivity index (χ4n) is 1.67. The number of aliphatic carboxylic acids is 1. The largest absolute Gasteiger partial charge is 0.480 e. The van der Waals surface area contributed by atoms with E-state index in [4.69, 9.17) is 21.7 Å². The zero-order valence-corrected chi connectivity index (χ0v) is 14.7. The number of carboxylic acid groups (broad SMARTS) is 1. The first-order valence-electron chi connectivity index (χ1n) is 7.48. The monoisotopic (exact) mass is 393 g/mol. The standard InChI is InChI=1S/C13H23N5O7S/c14-6(4-19)11(23)18-8(5-26)13(25)17-7(1-2-9(15)20)12(24)16-3-10(21)22/h6-8,19,26H,1-5,14H2,(H2,15,20)(H,16,24)(H,17,25)(H,18,23)(H,21,22). The molecule has 0 radical (unpaired) electrons. The Labute approximate surface area is 154 Å². The molecule has 0 aromatic heterocycles. The highest BCUT2D eigenvalue weighted by Gasteiger charge is 2.27. The van der Waals surface area contributed by atoms with Gasteiger partial charge in [0, 0.05) is 12.2 Å². The molecule has 12 nitrogen and oxygen atoms in total. The second-order valence-electron chi connectivity index (χ2n) is 5.21. The van der Waals surface area contributed by atoms with Crippen LogP contribution in [0.2, 0.25) is 0 Å². The maximum atomic E-state index is 12.2. The number of hydrogen-bond donors (Lipinski definition) is 8. The number of aliphatic hydroxyl groups is 1. The van der Waals surface area contributed by atoms with Gasteiger partial charge in [0.05, 0.1) is 6.61 Å². The van der Waals surface area contributed by atoms with Crippen LogP contribution in [-0.2, 0) is 24.0 Å². The summed E-state index contributed by atoms with van der Waals surface area (Å²) in [6.45, 7) is -1.31. The molecule has 0 fully saturated rings. The van der Waals surface area contributed by atoms with Crippen molar-refractivity contribution >= 4 is 42.2 Å². The number of carbonyl (C=O) groups excluding carboxylic acids is 4. The van der Waals surface area contributed by atoms with Crippen LogP contribution in [0.15, 0.2) is 0 Å². The van der Waals surface area contributed by atoms with Gasteiger partial charge < -0.3 is 37.6 Å². The van der Waals surface area contributed by atoms with Crippen molar-refractivity contribution in [1.29, 1.82) is 0 Å². The molecule has 0 aliphatic rings. The molecule has 0 bridgehead atoms. The Hall–Kier alpha value is -2.38. The lowest BCUT2D eigenvalue weighted by atomic mass is 10.1. The Bertz CT molecular complexity index is 545. The van der Waals surface area contributed by atoms with E-state index in [0.717, 1.165) is 0 Å². The molecule has 3 atom stereocenters. The second kappa shape index (κ2) is 12.1. The molecule has 4 amide bonds. The molecule has 0 rings (SSSR count). The van der Waals surface area contributed by atoms with Crippen LogP contribution in [0.4, 0.5) is 0 Å². The third-order valence-electron chi connectivity index (χ3n) is 3.08. The molecule has 0 saturated heterocycles. The summed E-state index contributed by atoms with van der Waals surface area (Å²) in [5.41, 5.74) is 10.3. The highest BCUT2D eigenvalue weighted by Crippen LogP contribution is 2.00. The van der Waals surface area contributed by atoms with Crippen LogP contribution in [-0.4, -0.2) is 76.8 Å². The van der Waals surface area contributed by atoms with Crippen LogP contribution in [0.5, 0.6) is 0 Å². The molecule has 3 unspecified atom stereocenters. The van der Waals surface area contributed by atoms with Crippen molar-refractivity contribution in [2.75, 3.05) is 18.9 Å². The molecule has 0 heterocycles. The van der Waals surface area contributed by atoms with Gasteiger partial charge in [-0.25, -0.2) is 0 Å². The van der Waals surface area contributed by atoms with Crippen molar-refractivity contribution in [1.82, 2.24) is 16.0 Å². The third-order valence-corrected chi connectivity index (χ3v) is 3.44. The predicted molar refractivity (Wildman–Crippen MR) is 91.8 cm³/mol. The average Bonchev–Trinajstić information content (AvgIpc) is 2.59. The van der Waals surface area contributed by atoms with Gasteiger partial charge in [0.25, 0.3) is 0 Å². The summed E-state index contributed by atoms with van der Waals surface area (Å²) in [6, 6.07) is -3.67. The minimum atomic E-state index is -1.29. The fraction of sp³-hybridized carbons (Fsp3) is 0.615. The van der Waals surface area contributed by atoms with Gasteiger partial charge >= 0.3 is 5.97 Å². The summed E-state index contributed by atoms with van der Waals surface area (Å²) in [5, 5.41) is 24.0. The summed E-state index contributed by atoms with van der Waals surface area (Å²) < 4.78 is 0. The van der Waals surface area contributed by atoms with Crippen molar-refractivity contribution < 1.29 is 34.2 Å². The molecule has 148 valence electrons. The number of thiol groups is 1. The van der Waals surface area contributed by atoms with Crippen molar-refractivity contribution in [2.45, 2.75) is 31.0 Å². The van der Waals surface area contributed by atoms with Crippen molar-refractivity contribution in [3.05, 3.63) is 0 Å². The average molecular weight is 393 g/mol. The molecule has 0 saturated carbocycles. The lowest BCUT2D eigenvalue weighted by molar-refractivity contribution is -0.138. The second-order valence-corrected chi connectivity index (χ2v) is 5.58. The molecule has 0 aliphatic carbocycles. The Morgan fingerprint density at radius 1 is 1.00 bits per heavy atom. The topological polar surface area (TPSA) is 214 Å². The highest BCUT2D eigenvalue weighted by molar-refractivity contribution is 7.80. The van der Waals surface area contributed by atoms with Gasteiger partial charge in [0.2, 0.25) is 23.6 Å². The number of nitrogens with one attached hydrogen (secondary N) is 3. The first-order chi connectivity index (χ1) is 12.1. The summed E-state index contributed by atoms with van der Waals surface area (Å²) in [5.74, 6) is -4.60. The minimum absolute atomic E-state index is 0.144. The summed E-state index contributed by atoms with van der Waals surface area (Å²) in [4.78, 5) is 57.3. The predicted octanol–water partition coefficient (Wildman–Crippen LogP) is -4.33. The van der Waals surface area contributed by atoms with Crippen LogP contribution in [0.1, 0.15) is 12.8 Å². The summed E-state index contributed by atoms with van der Waals surface area (Å²) in [6.07, 6.45) is -0.408. The van der Waals surface area contributed by atoms with Crippen molar-refractivity contribution in [3.63, 3.8) is 0 Å². The number of primary amides is 1. The Balaban J connectivity index is 4.99. The molecular weight excluding hydrogens is 370 g/mol. The van der Waals surface area contributed by atoms with E-state index in [1.54, 1.807) is 0 Å². The van der Waals surface area contributed by atoms with Gasteiger partial charge in [0.15, 0.2) is 0 Å². The first-order valence-corrected chi connectivity index (χ1v) is 8.11. The first kappa shape index (κ1) is 23.6. The molecule has 0 aromatic carbocycles. The van der Waals surface area contributed by atoms with E-state index in [-0.39, 0.29) is 18.6 Å². The summed E-state index contributed by atoms with van der Waals surface area (Å²) >= 11 is 3.92. The maximum Gasteiger partial charge on any atom is 0.322 e. The number of hydrogen-bond acceptors (Lipinski definition) is 8. The number of carbonyl (C=O) groups is 5. The molecular formula is C13H23N5O7S. The van der Waals surface area contributed by atoms with E-state index in [2.05, 4.69) is 28.6 Å². The zero-order chi connectivity index (χ0) is 20.3. The van der Waals surface area contributed by atoms with Gasteiger partial charge in [-0.1, -0.05) is 0 Å². The minimum Gasteiger partial charge on any atom is -0.480 e. The quantitative estimate of drug-likeness (QED) is 0.151. The van der Waals surface area contributed by atoms with Crippen LogP contribution < -0.4 is 27.4 Å². The SMILES string of the molecule is NC(=O)CCC(NC(=O)C(CS)NC(=O)C(N)CO)C(=O)NCC(=O)O. The van der Waals surface area contributed by atoms with Crippen molar-refractivity contribution in [3.8, 4) is 0 Å². The lowest BCUT2D eigenvalue weighted by Gasteiger charge is -2.22. The van der Waals surface area contributed by atoms with Gasteiger partial charge in [0.1, 0.15) is 24.7 Å². The van der Waals surface area contributed by atoms with Crippen LogP contribution >= 0.6 is 12.6 Å². The number of carboxylic acids is 1. The number of nitrogens with two attached hydrogens (primary N) is 2. The van der Waals surface area contributed by atoms with E-state index >= 15 is 0 Å². The molecule has 0 aliphatic heterocycles. The highest BCUT2D eigenvalue weighted by atomic mass is 32.1. The van der Waals surface area contributed by atoms with E-state index in [1.807, 2.05) is 0 Å². The number of amides is 4. The third kappa shape index (κ3) is 9.19. The van der Waals surface area contributed by atoms with Crippen LogP contribution in [0.3, 0.4) is 0 Å². The Kier molecular flexibility index (Phi) is 10.9. The summed E-state index contributed by atoms with van der Waals surface area (Å²) in [7, 11) is 0. The van der Waals surface area contributed by atoms with E-state index in [1.165, 1.54) is 0 Å². The van der Waals surface area contributed by atoms with E-state index < -0.39 is 60.9 Å².